The molecule has 6 heteroatoms. The standard InChI is InChI=1S/C22H38N4O.HI/c1-5-26(6-2)15-9-10-18(3)25-22(23-4)24-16-20-11-7-8-12-21(20)27-17-19-13-14-19;/h7-8,11-12,18-19H,5-6,9-10,13-17H2,1-4H3,(H2,23,24,25);1H. The molecular weight excluding hydrogens is 463 g/mol. The van der Waals surface area contributed by atoms with Gasteiger partial charge < -0.3 is 20.3 Å². The summed E-state index contributed by atoms with van der Waals surface area (Å²) in [7, 11) is 1.83. The third-order valence-corrected chi connectivity index (χ3v) is 5.20. The average Bonchev–Trinajstić information content (AvgIpc) is 3.52. The number of benzene rings is 1. The minimum atomic E-state index is 0. The number of nitrogens with one attached hydrogen (secondary N) is 2. The number of halogens is 1. The van der Waals surface area contributed by atoms with Crippen molar-refractivity contribution in [3.8, 4) is 5.75 Å². The average molecular weight is 502 g/mol. The SMILES string of the molecule is CCN(CC)CCCC(C)NC(=NC)NCc1ccccc1OCC1CC1.I. The molecule has 0 aromatic heterocycles. The highest BCUT2D eigenvalue weighted by molar-refractivity contribution is 14.0. The van der Waals surface area contributed by atoms with Crippen LogP contribution in [0.4, 0.5) is 0 Å². The van der Waals surface area contributed by atoms with E-state index >= 15 is 0 Å². The molecule has 0 aliphatic heterocycles. The third-order valence-electron chi connectivity index (χ3n) is 5.20. The number of para-hydroxylation sites is 1. The van der Waals surface area contributed by atoms with Crippen LogP contribution in [0.3, 0.4) is 0 Å². The summed E-state index contributed by atoms with van der Waals surface area (Å²) in [6.07, 6.45) is 4.95. The Bertz CT molecular complexity index is 573. The summed E-state index contributed by atoms with van der Waals surface area (Å²) in [5.41, 5.74) is 1.18. The molecule has 1 aromatic carbocycles. The van der Waals surface area contributed by atoms with Crippen LogP contribution in [0.2, 0.25) is 0 Å². The van der Waals surface area contributed by atoms with Crippen molar-refractivity contribution in [2.75, 3.05) is 33.3 Å². The molecule has 1 fully saturated rings. The fourth-order valence-electron chi connectivity index (χ4n) is 3.12. The Hall–Kier alpha value is -1.02. The molecule has 1 aliphatic carbocycles. The summed E-state index contributed by atoms with van der Waals surface area (Å²) in [4.78, 5) is 6.85. The van der Waals surface area contributed by atoms with E-state index in [1.165, 1.54) is 24.8 Å². The highest BCUT2D eigenvalue weighted by Crippen LogP contribution is 2.30. The molecule has 2 rings (SSSR count). The van der Waals surface area contributed by atoms with Gasteiger partial charge >= 0.3 is 0 Å². The summed E-state index contributed by atoms with van der Waals surface area (Å²) >= 11 is 0. The third kappa shape index (κ3) is 9.45. The predicted molar refractivity (Wildman–Crippen MR) is 130 cm³/mol. The molecule has 1 unspecified atom stereocenters. The lowest BCUT2D eigenvalue weighted by Gasteiger charge is -2.21. The van der Waals surface area contributed by atoms with E-state index < -0.39 is 0 Å². The van der Waals surface area contributed by atoms with Crippen LogP contribution in [0.1, 0.15) is 52.0 Å². The Morgan fingerprint density at radius 2 is 1.96 bits per heavy atom. The van der Waals surface area contributed by atoms with Gasteiger partial charge in [-0.2, -0.15) is 0 Å². The summed E-state index contributed by atoms with van der Waals surface area (Å²) < 4.78 is 6.00. The fourth-order valence-corrected chi connectivity index (χ4v) is 3.12. The molecule has 2 N–H and O–H groups in total. The van der Waals surface area contributed by atoms with Crippen molar-refractivity contribution >= 4 is 29.9 Å². The van der Waals surface area contributed by atoms with Crippen LogP contribution in [-0.4, -0.2) is 50.2 Å². The fraction of sp³-hybridized carbons (Fsp3) is 0.682. The number of hydrogen-bond donors (Lipinski definition) is 2. The van der Waals surface area contributed by atoms with E-state index in [2.05, 4.69) is 59.5 Å². The van der Waals surface area contributed by atoms with Gasteiger partial charge in [0.25, 0.3) is 0 Å². The summed E-state index contributed by atoms with van der Waals surface area (Å²) in [5.74, 6) is 2.60. The monoisotopic (exact) mass is 502 g/mol. The van der Waals surface area contributed by atoms with E-state index in [9.17, 15) is 0 Å². The van der Waals surface area contributed by atoms with Crippen molar-refractivity contribution in [1.29, 1.82) is 0 Å². The summed E-state index contributed by atoms with van der Waals surface area (Å²) in [6.45, 7) is 11.7. The first-order valence-corrected chi connectivity index (χ1v) is 10.6. The van der Waals surface area contributed by atoms with Crippen molar-refractivity contribution in [3.05, 3.63) is 29.8 Å². The zero-order chi connectivity index (χ0) is 19.5. The molecule has 5 nitrogen and oxygen atoms in total. The molecule has 1 aliphatic rings. The van der Waals surface area contributed by atoms with Crippen LogP contribution in [0.15, 0.2) is 29.3 Å². The van der Waals surface area contributed by atoms with E-state index in [0.29, 0.717) is 12.6 Å². The van der Waals surface area contributed by atoms with E-state index in [-0.39, 0.29) is 24.0 Å². The highest BCUT2D eigenvalue weighted by atomic mass is 127. The largest absolute Gasteiger partial charge is 0.493 e. The van der Waals surface area contributed by atoms with Gasteiger partial charge in [0.05, 0.1) is 6.61 Å². The van der Waals surface area contributed by atoms with Gasteiger partial charge in [0.2, 0.25) is 0 Å². The molecule has 0 heterocycles. The normalized spacial score (nSPS) is 15.1. The molecule has 1 aromatic rings. The summed E-state index contributed by atoms with van der Waals surface area (Å²) in [6, 6.07) is 8.68. The maximum absolute atomic E-state index is 6.00. The molecule has 160 valence electrons. The van der Waals surface area contributed by atoms with Gasteiger partial charge in [0.15, 0.2) is 5.96 Å². The predicted octanol–water partition coefficient (Wildman–Crippen LogP) is 4.27. The topological polar surface area (TPSA) is 48.9 Å². The number of ether oxygens (including phenoxy) is 1. The zero-order valence-electron chi connectivity index (χ0n) is 18.0. The molecule has 28 heavy (non-hydrogen) atoms. The minimum absolute atomic E-state index is 0. The zero-order valence-corrected chi connectivity index (χ0v) is 20.4. The van der Waals surface area contributed by atoms with Gasteiger partial charge in [-0.25, -0.2) is 0 Å². The van der Waals surface area contributed by atoms with Crippen LogP contribution in [0.25, 0.3) is 0 Å². The first-order valence-electron chi connectivity index (χ1n) is 10.6. The molecule has 0 amide bonds. The van der Waals surface area contributed by atoms with Gasteiger partial charge in [-0.05, 0) is 64.2 Å². The highest BCUT2D eigenvalue weighted by Gasteiger charge is 2.22. The molecule has 0 bridgehead atoms. The lowest BCUT2D eigenvalue weighted by molar-refractivity contribution is 0.292. The Kier molecular flexibility index (Phi) is 12.5. The molecule has 0 saturated heterocycles. The second kappa shape index (κ2) is 14.0. The number of guanidine groups is 1. The van der Waals surface area contributed by atoms with Gasteiger partial charge in [-0.15, -0.1) is 24.0 Å². The van der Waals surface area contributed by atoms with Gasteiger partial charge in [0, 0.05) is 25.2 Å². The van der Waals surface area contributed by atoms with Crippen molar-refractivity contribution in [2.24, 2.45) is 10.9 Å². The first-order chi connectivity index (χ1) is 13.2. The van der Waals surface area contributed by atoms with Gasteiger partial charge in [-0.1, -0.05) is 32.0 Å². The Labute approximate surface area is 188 Å². The summed E-state index contributed by atoms with van der Waals surface area (Å²) in [5, 5.41) is 6.94. The number of hydrogen-bond acceptors (Lipinski definition) is 3. The number of rotatable bonds is 12. The van der Waals surface area contributed by atoms with Crippen molar-refractivity contribution in [1.82, 2.24) is 15.5 Å². The van der Waals surface area contributed by atoms with Crippen LogP contribution in [0, 0.1) is 5.92 Å². The quantitative estimate of drug-likeness (QED) is 0.255. The first kappa shape index (κ1) is 25.0. The second-order valence-corrected chi connectivity index (χ2v) is 7.50. The number of nitrogens with zero attached hydrogens (tertiary/aromatic N) is 2. The lowest BCUT2D eigenvalue weighted by atomic mass is 10.1. The molecular formula is C22H39IN4O. The van der Waals surface area contributed by atoms with Crippen molar-refractivity contribution < 1.29 is 4.74 Å². The molecule has 0 radical (unpaired) electrons. The Morgan fingerprint density at radius 1 is 1.25 bits per heavy atom. The van der Waals surface area contributed by atoms with Crippen LogP contribution >= 0.6 is 24.0 Å². The smallest absolute Gasteiger partial charge is 0.191 e. The maximum Gasteiger partial charge on any atom is 0.191 e. The number of aliphatic imine (C=N–C) groups is 1. The van der Waals surface area contributed by atoms with Crippen molar-refractivity contribution in [2.45, 2.75) is 59.0 Å². The lowest BCUT2D eigenvalue weighted by Crippen LogP contribution is -2.42. The van der Waals surface area contributed by atoms with Gasteiger partial charge in [-0.3, -0.25) is 4.99 Å². The maximum atomic E-state index is 6.00. The molecule has 0 spiro atoms. The Morgan fingerprint density at radius 3 is 2.61 bits per heavy atom. The van der Waals surface area contributed by atoms with Gasteiger partial charge in [0.1, 0.15) is 5.75 Å². The van der Waals surface area contributed by atoms with Crippen LogP contribution in [0.5, 0.6) is 5.75 Å². The van der Waals surface area contributed by atoms with E-state index in [1.807, 2.05) is 13.1 Å². The van der Waals surface area contributed by atoms with Crippen molar-refractivity contribution in [3.63, 3.8) is 0 Å². The Balaban J connectivity index is 0.00000392. The molecule has 1 atom stereocenters. The van der Waals surface area contributed by atoms with E-state index in [0.717, 1.165) is 50.3 Å². The van der Waals surface area contributed by atoms with E-state index in [1.54, 1.807) is 0 Å². The van der Waals surface area contributed by atoms with Crippen LogP contribution < -0.4 is 15.4 Å². The van der Waals surface area contributed by atoms with E-state index in [4.69, 9.17) is 4.74 Å². The second-order valence-electron chi connectivity index (χ2n) is 7.50. The minimum Gasteiger partial charge on any atom is -0.493 e. The van der Waals surface area contributed by atoms with Crippen LogP contribution in [-0.2, 0) is 6.54 Å². The molecule has 1 saturated carbocycles.